The van der Waals surface area contributed by atoms with Crippen molar-refractivity contribution in [3.05, 3.63) is 35.5 Å². The predicted molar refractivity (Wildman–Crippen MR) is 93.0 cm³/mol. The number of amides is 1. The maximum absolute atomic E-state index is 12.0. The Morgan fingerprint density at radius 1 is 1.25 bits per heavy atom. The van der Waals surface area contributed by atoms with Gasteiger partial charge in [-0.15, -0.1) is 20.4 Å². The molecule has 0 bridgehead atoms. The van der Waals surface area contributed by atoms with E-state index in [4.69, 9.17) is 4.42 Å². The van der Waals surface area contributed by atoms with Crippen molar-refractivity contribution in [2.45, 2.75) is 24.8 Å². The molecule has 0 saturated carbocycles. The summed E-state index contributed by atoms with van der Waals surface area (Å²) in [5.74, 6) is 0.754. The molecule has 124 valence electrons. The monoisotopic (exact) mass is 361 g/mol. The first kappa shape index (κ1) is 16.6. The van der Waals surface area contributed by atoms with Crippen molar-refractivity contribution in [1.82, 2.24) is 20.4 Å². The molecule has 0 aliphatic rings. The molecule has 1 amide bonds. The summed E-state index contributed by atoms with van der Waals surface area (Å²) < 4.78 is 5.26. The molecule has 0 aliphatic heterocycles. The molecule has 0 spiro atoms. The number of nitrogens with one attached hydrogen (secondary N) is 1. The molecule has 3 aromatic rings. The predicted octanol–water partition coefficient (Wildman–Crippen LogP) is 3.27. The number of carbonyl (C=O) groups is 1. The van der Waals surface area contributed by atoms with E-state index in [9.17, 15) is 4.79 Å². The van der Waals surface area contributed by atoms with Crippen molar-refractivity contribution in [2.75, 3.05) is 11.1 Å². The van der Waals surface area contributed by atoms with Crippen LogP contribution in [-0.4, -0.2) is 32.1 Å². The number of hydrogen-bond donors (Lipinski definition) is 1. The van der Waals surface area contributed by atoms with Crippen LogP contribution < -0.4 is 5.32 Å². The van der Waals surface area contributed by atoms with E-state index in [2.05, 4.69) is 32.6 Å². The lowest BCUT2D eigenvalue weighted by Crippen LogP contribution is -2.14. The van der Waals surface area contributed by atoms with Crippen LogP contribution in [0.5, 0.6) is 0 Å². The normalized spacial score (nSPS) is 10.7. The van der Waals surface area contributed by atoms with Crippen LogP contribution in [0.3, 0.4) is 0 Å². The van der Waals surface area contributed by atoms with Crippen molar-refractivity contribution >= 4 is 34.1 Å². The maximum Gasteiger partial charge on any atom is 0.236 e. The summed E-state index contributed by atoms with van der Waals surface area (Å²) in [4.78, 5) is 12.0. The van der Waals surface area contributed by atoms with Gasteiger partial charge in [0.1, 0.15) is 15.7 Å². The van der Waals surface area contributed by atoms with Gasteiger partial charge < -0.3 is 4.42 Å². The fourth-order valence-electron chi connectivity index (χ4n) is 1.87. The Balaban J connectivity index is 1.50. The summed E-state index contributed by atoms with van der Waals surface area (Å²) in [5.41, 5.74) is 0.658. The SMILES string of the molecule is CCCc1nnc(NC(=O)CSc2ccc(-c3ccco3)nn2)s1. The molecule has 7 nitrogen and oxygen atoms in total. The van der Waals surface area contributed by atoms with E-state index in [1.807, 2.05) is 18.2 Å². The largest absolute Gasteiger partial charge is 0.463 e. The Morgan fingerprint density at radius 3 is 2.88 bits per heavy atom. The van der Waals surface area contributed by atoms with E-state index >= 15 is 0 Å². The highest BCUT2D eigenvalue weighted by Crippen LogP contribution is 2.21. The van der Waals surface area contributed by atoms with E-state index in [-0.39, 0.29) is 11.7 Å². The second-order valence-corrected chi connectivity index (χ2v) is 6.88. The smallest absolute Gasteiger partial charge is 0.236 e. The molecule has 0 unspecified atom stereocenters. The number of furan rings is 1. The van der Waals surface area contributed by atoms with E-state index in [0.29, 0.717) is 21.6 Å². The van der Waals surface area contributed by atoms with Crippen LogP contribution >= 0.6 is 23.1 Å². The molecule has 0 saturated heterocycles. The molecular formula is C15H15N5O2S2. The van der Waals surface area contributed by atoms with Crippen molar-refractivity contribution in [2.24, 2.45) is 0 Å². The number of rotatable bonds is 7. The number of hydrogen-bond acceptors (Lipinski definition) is 8. The van der Waals surface area contributed by atoms with Gasteiger partial charge in [-0.05, 0) is 30.7 Å². The molecule has 3 heterocycles. The number of thioether (sulfide) groups is 1. The quantitative estimate of drug-likeness (QED) is 0.645. The highest BCUT2D eigenvalue weighted by atomic mass is 32.2. The van der Waals surface area contributed by atoms with E-state index in [0.717, 1.165) is 17.8 Å². The van der Waals surface area contributed by atoms with Gasteiger partial charge in [-0.2, -0.15) is 0 Å². The lowest BCUT2D eigenvalue weighted by atomic mass is 10.3. The molecule has 3 rings (SSSR count). The standard InChI is InChI=1S/C15H15N5O2S2/c1-2-4-14-19-20-15(24-14)16-12(21)9-23-13-7-6-10(17-18-13)11-5-3-8-22-11/h3,5-8H,2,4,9H2,1H3,(H,16,20,21). The van der Waals surface area contributed by atoms with Gasteiger partial charge in [0.15, 0.2) is 5.76 Å². The van der Waals surface area contributed by atoms with E-state index < -0.39 is 0 Å². The molecule has 9 heteroatoms. The molecule has 3 aromatic heterocycles. The maximum atomic E-state index is 12.0. The molecular weight excluding hydrogens is 346 g/mol. The summed E-state index contributed by atoms with van der Waals surface area (Å²) in [6, 6.07) is 7.24. The Kier molecular flexibility index (Phi) is 5.55. The lowest BCUT2D eigenvalue weighted by molar-refractivity contribution is -0.113. The first-order valence-electron chi connectivity index (χ1n) is 7.37. The van der Waals surface area contributed by atoms with Crippen molar-refractivity contribution in [1.29, 1.82) is 0 Å². The number of nitrogens with zero attached hydrogens (tertiary/aromatic N) is 4. The summed E-state index contributed by atoms with van der Waals surface area (Å²) in [6.07, 6.45) is 3.47. The summed E-state index contributed by atoms with van der Waals surface area (Å²) in [5, 5.41) is 21.0. The zero-order valence-electron chi connectivity index (χ0n) is 12.9. The summed E-state index contributed by atoms with van der Waals surface area (Å²) >= 11 is 2.72. The second-order valence-electron chi connectivity index (χ2n) is 4.82. The highest BCUT2D eigenvalue weighted by Gasteiger charge is 2.10. The molecule has 0 aromatic carbocycles. The van der Waals surface area contributed by atoms with Gasteiger partial charge in [0, 0.05) is 6.42 Å². The van der Waals surface area contributed by atoms with E-state index in [1.54, 1.807) is 12.3 Å². The zero-order chi connectivity index (χ0) is 16.8. The van der Waals surface area contributed by atoms with Crippen LogP contribution in [0.2, 0.25) is 0 Å². The minimum atomic E-state index is -0.142. The van der Waals surface area contributed by atoms with Gasteiger partial charge in [-0.25, -0.2) is 0 Å². The van der Waals surface area contributed by atoms with Crippen LogP contribution in [0, 0.1) is 0 Å². The number of carbonyl (C=O) groups excluding carboxylic acids is 1. The third-order valence-corrected chi connectivity index (χ3v) is 4.76. The topological polar surface area (TPSA) is 93.8 Å². The van der Waals surface area contributed by atoms with Crippen molar-refractivity contribution < 1.29 is 9.21 Å². The number of aryl methyl sites for hydroxylation is 1. The third-order valence-electron chi connectivity index (χ3n) is 2.94. The van der Waals surface area contributed by atoms with Crippen LogP contribution in [0.15, 0.2) is 40.0 Å². The average molecular weight is 361 g/mol. The van der Waals surface area contributed by atoms with Crippen molar-refractivity contribution in [3.8, 4) is 11.5 Å². The van der Waals surface area contributed by atoms with Gasteiger partial charge in [0.25, 0.3) is 0 Å². The second kappa shape index (κ2) is 8.02. The van der Waals surface area contributed by atoms with Gasteiger partial charge >= 0.3 is 0 Å². The molecule has 0 aliphatic carbocycles. The Bertz CT molecular complexity index is 787. The summed E-state index contributed by atoms with van der Waals surface area (Å²) in [7, 11) is 0. The minimum absolute atomic E-state index is 0.142. The lowest BCUT2D eigenvalue weighted by Gasteiger charge is -2.01. The van der Waals surface area contributed by atoms with Gasteiger partial charge in [-0.3, -0.25) is 10.1 Å². The van der Waals surface area contributed by atoms with E-state index in [1.165, 1.54) is 23.1 Å². The molecule has 24 heavy (non-hydrogen) atoms. The van der Waals surface area contributed by atoms with Gasteiger partial charge in [0.05, 0.1) is 12.0 Å². The average Bonchev–Trinajstić information content (AvgIpc) is 3.26. The van der Waals surface area contributed by atoms with Crippen LogP contribution in [0.25, 0.3) is 11.5 Å². The first-order chi connectivity index (χ1) is 11.7. The highest BCUT2D eigenvalue weighted by molar-refractivity contribution is 7.99. The fourth-order valence-corrected chi connectivity index (χ4v) is 3.34. The first-order valence-corrected chi connectivity index (χ1v) is 9.17. The molecule has 0 atom stereocenters. The van der Waals surface area contributed by atoms with Gasteiger partial charge in [0.2, 0.25) is 11.0 Å². The molecule has 1 N–H and O–H groups in total. The molecule has 0 radical (unpaired) electrons. The summed E-state index contributed by atoms with van der Waals surface area (Å²) in [6.45, 7) is 2.08. The number of anilines is 1. The van der Waals surface area contributed by atoms with Crippen LogP contribution in [0.1, 0.15) is 18.4 Å². The third kappa shape index (κ3) is 4.39. The molecule has 0 fully saturated rings. The van der Waals surface area contributed by atoms with Gasteiger partial charge in [-0.1, -0.05) is 30.0 Å². The Hall–Kier alpha value is -2.26. The Morgan fingerprint density at radius 2 is 2.17 bits per heavy atom. The van der Waals surface area contributed by atoms with Crippen molar-refractivity contribution in [3.63, 3.8) is 0 Å². The fraction of sp³-hybridized carbons (Fsp3) is 0.267. The number of aromatic nitrogens is 4. The van der Waals surface area contributed by atoms with Crippen LogP contribution in [0.4, 0.5) is 5.13 Å². The zero-order valence-corrected chi connectivity index (χ0v) is 14.6. The minimum Gasteiger partial charge on any atom is -0.463 e. The van der Waals surface area contributed by atoms with Crippen LogP contribution in [-0.2, 0) is 11.2 Å². The Labute approximate surface area is 146 Å².